The maximum atomic E-state index is 11.0. The van der Waals surface area contributed by atoms with Crippen LogP contribution in [0.1, 0.15) is 6.92 Å². The molecule has 2 nitrogen and oxygen atoms in total. The first-order chi connectivity index (χ1) is 5.11. The zero-order valence-corrected chi connectivity index (χ0v) is 6.98. The van der Waals surface area contributed by atoms with Gasteiger partial charge >= 0.3 is 0 Å². The predicted octanol–water partition coefficient (Wildman–Crippen LogP) is 1.42. The summed E-state index contributed by atoms with van der Waals surface area (Å²) in [5.74, 6) is -0.136. The summed E-state index contributed by atoms with van der Waals surface area (Å²) in [7, 11) is 1.58. The number of hydrogen-bond acceptors (Lipinski definition) is 1. The van der Waals surface area contributed by atoms with Crippen LogP contribution in [0.5, 0.6) is 0 Å². The molecular formula is C9H13NO. The normalized spacial score (nSPS) is 10.5. The summed E-state index contributed by atoms with van der Waals surface area (Å²) < 4.78 is 0. The maximum Gasteiger partial charge on any atom is 0.251 e. The van der Waals surface area contributed by atoms with E-state index in [0.717, 1.165) is 5.57 Å². The van der Waals surface area contributed by atoms with Crippen LogP contribution in [0.25, 0.3) is 0 Å². The van der Waals surface area contributed by atoms with Gasteiger partial charge in [0.2, 0.25) is 0 Å². The van der Waals surface area contributed by atoms with E-state index < -0.39 is 0 Å². The summed E-state index contributed by atoms with van der Waals surface area (Å²) in [4.78, 5) is 11.0. The smallest absolute Gasteiger partial charge is 0.251 e. The Bertz CT molecular complexity index is 214. The molecule has 2 heteroatoms. The number of nitrogens with one attached hydrogen (secondary N) is 1. The molecule has 0 rings (SSSR count). The average molecular weight is 151 g/mol. The number of amides is 1. The van der Waals surface area contributed by atoms with Crippen LogP contribution in [0.15, 0.2) is 36.5 Å². The minimum Gasteiger partial charge on any atom is -0.355 e. The van der Waals surface area contributed by atoms with Crippen molar-refractivity contribution in [1.82, 2.24) is 5.32 Å². The first kappa shape index (κ1) is 9.69. The van der Waals surface area contributed by atoms with Crippen molar-refractivity contribution >= 4 is 5.91 Å². The molecule has 0 unspecified atom stereocenters. The number of allylic oxidation sites excluding steroid dienone is 2. The largest absolute Gasteiger partial charge is 0.355 e. The molecule has 0 heterocycles. The van der Waals surface area contributed by atoms with Gasteiger partial charge in [-0.3, -0.25) is 4.79 Å². The second-order valence-corrected chi connectivity index (χ2v) is 2.23. The Balaban J connectivity index is 4.52. The third-order valence-corrected chi connectivity index (χ3v) is 1.11. The van der Waals surface area contributed by atoms with E-state index in [1.165, 1.54) is 6.08 Å². The summed E-state index contributed by atoms with van der Waals surface area (Å²) in [5, 5.41) is 2.50. The Morgan fingerprint density at radius 2 is 2.09 bits per heavy atom. The number of hydrogen-bond donors (Lipinski definition) is 1. The molecule has 0 aliphatic carbocycles. The molecule has 0 saturated heterocycles. The highest BCUT2D eigenvalue weighted by Crippen LogP contribution is 2.00. The molecule has 0 spiro atoms. The van der Waals surface area contributed by atoms with Crippen molar-refractivity contribution in [2.24, 2.45) is 0 Å². The van der Waals surface area contributed by atoms with Crippen molar-refractivity contribution in [2.45, 2.75) is 6.92 Å². The van der Waals surface area contributed by atoms with E-state index in [1.807, 2.05) is 6.92 Å². The third kappa shape index (κ3) is 3.40. The lowest BCUT2D eigenvalue weighted by atomic mass is 10.2. The highest BCUT2D eigenvalue weighted by Gasteiger charge is 2.00. The third-order valence-electron chi connectivity index (χ3n) is 1.11. The molecule has 11 heavy (non-hydrogen) atoms. The SMILES string of the molecule is C=C/C(=C\C(=C)C)C(=O)NC. The molecule has 0 saturated carbocycles. The van der Waals surface area contributed by atoms with Crippen LogP contribution in [-0.2, 0) is 4.79 Å². The molecule has 0 fully saturated rings. The molecule has 0 aromatic carbocycles. The van der Waals surface area contributed by atoms with Gasteiger partial charge in [0.05, 0.1) is 0 Å². The van der Waals surface area contributed by atoms with Crippen LogP contribution < -0.4 is 5.32 Å². The predicted molar refractivity (Wildman–Crippen MR) is 47.2 cm³/mol. The van der Waals surface area contributed by atoms with Gasteiger partial charge in [-0.05, 0) is 13.0 Å². The number of carbonyl (C=O) groups is 1. The van der Waals surface area contributed by atoms with Gasteiger partial charge in [-0.15, -0.1) is 0 Å². The van der Waals surface area contributed by atoms with Crippen molar-refractivity contribution in [1.29, 1.82) is 0 Å². The number of carbonyl (C=O) groups excluding carboxylic acids is 1. The minimum absolute atomic E-state index is 0.136. The van der Waals surface area contributed by atoms with E-state index in [9.17, 15) is 4.79 Å². The van der Waals surface area contributed by atoms with E-state index in [-0.39, 0.29) is 5.91 Å². The molecule has 0 bridgehead atoms. The number of likely N-dealkylation sites (N-methyl/N-ethyl adjacent to an activating group) is 1. The fourth-order valence-corrected chi connectivity index (χ4v) is 0.627. The van der Waals surface area contributed by atoms with Gasteiger partial charge < -0.3 is 5.32 Å². The van der Waals surface area contributed by atoms with Crippen LogP contribution in [0.4, 0.5) is 0 Å². The number of rotatable bonds is 3. The standard InChI is InChI=1S/C9H13NO/c1-5-8(6-7(2)3)9(11)10-4/h5-6H,1-2H2,3-4H3,(H,10,11)/b8-6+. The molecule has 60 valence electrons. The maximum absolute atomic E-state index is 11.0. The van der Waals surface area contributed by atoms with Gasteiger partial charge in [0.15, 0.2) is 0 Å². The van der Waals surface area contributed by atoms with Crippen LogP contribution >= 0.6 is 0 Å². The van der Waals surface area contributed by atoms with Crippen LogP contribution in [0.3, 0.4) is 0 Å². The Morgan fingerprint density at radius 1 is 1.55 bits per heavy atom. The lowest BCUT2D eigenvalue weighted by Crippen LogP contribution is -2.18. The summed E-state index contributed by atoms with van der Waals surface area (Å²) in [6.07, 6.45) is 3.19. The molecule has 0 aliphatic rings. The zero-order chi connectivity index (χ0) is 8.85. The summed E-state index contributed by atoms with van der Waals surface area (Å²) >= 11 is 0. The van der Waals surface area contributed by atoms with Crippen LogP contribution in [0, 0.1) is 0 Å². The van der Waals surface area contributed by atoms with Crippen molar-refractivity contribution in [3.63, 3.8) is 0 Å². The van der Waals surface area contributed by atoms with Crippen molar-refractivity contribution in [3.05, 3.63) is 36.5 Å². The fourth-order valence-electron chi connectivity index (χ4n) is 0.627. The van der Waals surface area contributed by atoms with Crippen molar-refractivity contribution in [3.8, 4) is 0 Å². The van der Waals surface area contributed by atoms with Gasteiger partial charge in [-0.1, -0.05) is 24.8 Å². The van der Waals surface area contributed by atoms with Gasteiger partial charge in [0, 0.05) is 12.6 Å². The van der Waals surface area contributed by atoms with Gasteiger partial charge in [0.1, 0.15) is 0 Å². The van der Waals surface area contributed by atoms with E-state index in [2.05, 4.69) is 18.5 Å². The first-order valence-electron chi connectivity index (χ1n) is 3.33. The Kier molecular flexibility index (Phi) is 3.96. The van der Waals surface area contributed by atoms with Crippen LogP contribution in [0.2, 0.25) is 0 Å². The summed E-state index contributed by atoms with van der Waals surface area (Å²) in [6, 6.07) is 0. The van der Waals surface area contributed by atoms with Gasteiger partial charge in [0.25, 0.3) is 5.91 Å². The van der Waals surface area contributed by atoms with Gasteiger partial charge in [-0.2, -0.15) is 0 Å². The first-order valence-corrected chi connectivity index (χ1v) is 3.33. The summed E-state index contributed by atoms with van der Waals surface area (Å²) in [5.41, 5.74) is 1.38. The Labute approximate surface area is 67.3 Å². The van der Waals surface area contributed by atoms with Crippen LogP contribution in [-0.4, -0.2) is 13.0 Å². The van der Waals surface area contributed by atoms with E-state index >= 15 is 0 Å². The van der Waals surface area contributed by atoms with E-state index in [4.69, 9.17) is 0 Å². The summed E-state index contributed by atoms with van der Waals surface area (Å²) in [6.45, 7) is 8.99. The zero-order valence-electron chi connectivity index (χ0n) is 6.98. The molecule has 0 aromatic heterocycles. The lowest BCUT2D eigenvalue weighted by Gasteiger charge is -1.98. The molecule has 0 atom stereocenters. The second kappa shape index (κ2) is 4.50. The Hall–Kier alpha value is -1.31. The Morgan fingerprint density at radius 3 is 2.36 bits per heavy atom. The molecule has 0 radical (unpaired) electrons. The molecular weight excluding hydrogens is 138 g/mol. The lowest BCUT2D eigenvalue weighted by molar-refractivity contribution is -0.116. The van der Waals surface area contributed by atoms with E-state index in [1.54, 1.807) is 13.1 Å². The molecule has 0 aromatic rings. The highest BCUT2D eigenvalue weighted by molar-refractivity contribution is 5.96. The fraction of sp³-hybridized carbons (Fsp3) is 0.222. The average Bonchev–Trinajstić information content (AvgIpc) is 1.98. The quantitative estimate of drug-likeness (QED) is 0.479. The monoisotopic (exact) mass is 151 g/mol. The van der Waals surface area contributed by atoms with E-state index in [0.29, 0.717) is 5.57 Å². The topological polar surface area (TPSA) is 29.1 Å². The minimum atomic E-state index is -0.136. The highest BCUT2D eigenvalue weighted by atomic mass is 16.1. The molecule has 1 N–H and O–H groups in total. The second-order valence-electron chi connectivity index (χ2n) is 2.23. The molecule has 0 aliphatic heterocycles. The molecule has 1 amide bonds. The van der Waals surface area contributed by atoms with Gasteiger partial charge in [-0.25, -0.2) is 0 Å². The van der Waals surface area contributed by atoms with Crippen molar-refractivity contribution in [2.75, 3.05) is 7.05 Å². The van der Waals surface area contributed by atoms with Crippen molar-refractivity contribution < 1.29 is 4.79 Å².